The molecule has 1 saturated heterocycles. The number of nitrogens with zero attached hydrogens (tertiary/aromatic N) is 3. The molecule has 0 unspecified atom stereocenters. The highest BCUT2D eigenvalue weighted by Crippen LogP contribution is 2.26. The minimum Gasteiger partial charge on any atom is -0.491 e. The summed E-state index contributed by atoms with van der Waals surface area (Å²) in [5, 5.41) is 9.45. The Morgan fingerprint density at radius 1 is 1.32 bits per heavy atom. The number of ether oxygens (including phenoxy) is 1. The average Bonchev–Trinajstić information content (AvgIpc) is 2.72. The zero-order valence-corrected chi connectivity index (χ0v) is 20.0. The average molecular weight is 488 g/mol. The van der Waals surface area contributed by atoms with Gasteiger partial charge in [0.1, 0.15) is 23.9 Å². The molecule has 0 spiro atoms. The number of benzene rings is 1. The molecule has 1 aromatic carbocycles. The van der Waals surface area contributed by atoms with Gasteiger partial charge in [0.05, 0.1) is 5.41 Å². The maximum absolute atomic E-state index is 11.5. The summed E-state index contributed by atoms with van der Waals surface area (Å²) in [4.78, 5) is 21.0. The molecule has 31 heavy (non-hydrogen) atoms. The zero-order valence-electron chi connectivity index (χ0n) is 18.4. The number of fused-ring (bicyclic) bond motifs is 1. The zero-order chi connectivity index (χ0) is 22.6. The summed E-state index contributed by atoms with van der Waals surface area (Å²) >= 11 is 3.56. The monoisotopic (exact) mass is 487 g/mol. The first-order valence-corrected chi connectivity index (χ1v) is 11.2. The number of aliphatic carboxylic acids is 1. The van der Waals surface area contributed by atoms with Crippen LogP contribution < -0.4 is 0 Å². The van der Waals surface area contributed by atoms with E-state index in [1.54, 1.807) is 19.9 Å². The van der Waals surface area contributed by atoms with Gasteiger partial charge in [-0.1, -0.05) is 34.7 Å². The SMILES string of the molecule is C=C/C=C\C1=C(/C)OCc2cc(Br)ccc2C(N2CCN(CC(C)(C)C(=O)O)CC2)=N1. The third-order valence-electron chi connectivity index (χ3n) is 5.60. The number of carboxylic acid groups (broad SMARTS) is 1. The van der Waals surface area contributed by atoms with E-state index < -0.39 is 11.4 Å². The normalized spacial score (nSPS) is 20.5. The second-order valence-corrected chi connectivity index (χ2v) is 9.43. The minimum absolute atomic E-state index is 0.470. The first kappa shape index (κ1) is 23.3. The van der Waals surface area contributed by atoms with Gasteiger partial charge in [-0.2, -0.15) is 0 Å². The number of rotatable bonds is 5. The van der Waals surface area contributed by atoms with Crippen molar-refractivity contribution in [3.05, 3.63) is 70.1 Å². The molecule has 166 valence electrons. The minimum atomic E-state index is -0.766. The summed E-state index contributed by atoms with van der Waals surface area (Å²) in [5.41, 5.74) is 2.14. The van der Waals surface area contributed by atoms with Gasteiger partial charge < -0.3 is 14.7 Å². The summed E-state index contributed by atoms with van der Waals surface area (Å²) in [6, 6.07) is 6.18. The van der Waals surface area contributed by atoms with Crippen molar-refractivity contribution in [1.82, 2.24) is 9.80 Å². The van der Waals surface area contributed by atoms with E-state index in [9.17, 15) is 9.90 Å². The Kier molecular flexibility index (Phi) is 7.38. The lowest BCUT2D eigenvalue weighted by molar-refractivity contribution is -0.148. The van der Waals surface area contributed by atoms with Crippen molar-refractivity contribution in [1.29, 1.82) is 0 Å². The molecule has 0 amide bonds. The van der Waals surface area contributed by atoms with E-state index in [0.29, 0.717) is 13.2 Å². The second kappa shape index (κ2) is 9.83. The molecule has 1 fully saturated rings. The van der Waals surface area contributed by atoms with Crippen molar-refractivity contribution >= 4 is 27.7 Å². The van der Waals surface area contributed by atoms with E-state index in [0.717, 1.165) is 59.1 Å². The smallest absolute Gasteiger partial charge is 0.310 e. The van der Waals surface area contributed by atoms with Crippen LogP contribution in [0.2, 0.25) is 0 Å². The summed E-state index contributed by atoms with van der Waals surface area (Å²) in [5.74, 6) is 0.923. The van der Waals surface area contributed by atoms with Gasteiger partial charge >= 0.3 is 5.97 Å². The van der Waals surface area contributed by atoms with Crippen LogP contribution in [0, 0.1) is 5.41 Å². The lowest BCUT2D eigenvalue weighted by Crippen LogP contribution is -2.52. The molecule has 1 N–H and O–H groups in total. The van der Waals surface area contributed by atoms with Gasteiger partial charge in [0.25, 0.3) is 0 Å². The summed E-state index contributed by atoms with van der Waals surface area (Å²) < 4.78 is 6.99. The van der Waals surface area contributed by atoms with Gasteiger partial charge in [0.2, 0.25) is 0 Å². The van der Waals surface area contributed by atoms with Crippen molar-refractivity contribution in [3.63, 3.8) is 0 Å². The van der Waals surface area contributed by atoms with E-state index >= 15 is 0 Å². The molecule has 3 rings (SSSR count). The van der Waals surface area contributed by atoms with E-state index in [1.807, 2.05) is 25.1 Å². The third kappa shape index (κ3) is 5.66. The Balaban J connectivity index is 1.90. The number of carbonyl (C=O) groups is 1. The first-order chi connectivity index (χ1) is 14.7. The molecular weight excluding hydrogens is 458 g/mol. The van der Waals surface area contributed by atoms with E-state index in [-0.39, 0.29) is 0 Å². The van der Waals surface area contributed by atoms with Crippen LogP contribution in [0.1, 0.15) is 31.9 Å². The van der Waals surface area contributed by atoms with Crippen LogP contribution in [0.25, 0.3) is 0 Å². The number of piperazine rings is 1. The molecule has 0 aromatic heterocycles. The Hall–Kier alpha value is -2.38. The fourth-order valence-electron chi connectivity index (χ4n) is 3.71. The highest BCUT2D eigenvalue weighted by atomic mass is 79.9. The van der Waals surface area contributed by atoms with Gasteiger partial charge in [0, 0.05) is 48.3 Å². The topological polar surface area (TPSA) is 65.4 Å². The molecule has 0 aliphatic carbocycles. The largest absolute Gasteiger partial charge is 0.491 e. The predicted molar refractivity (Wildman–Crippen MR) is 127 cm³/mol. The quantitative estimate of drug-likeness (QED) is 0.622. The molecule has 0 radical (unpaired) electrons. The summed E-state index contributed by atoms with van der Waals surface area (Å²) in [6.45, 7) is 13.4. The van der Waals surface area contributed by atoms with Crippen LogP contribution >= 0.6 is 15.9 Å². The highest BCUT2D eigenvalue weighted by Gasteiger charge is 2.32. The third-order valence-corrected chi connectivity index (χ3v) is 6.09. The summed E-state index contributed by atoms with van der Waals surface area (Å²) in [7, 11) is 0. The molecule has 1 aromatic rings. The molecular formula is C24H30BrN3O3. The van der Waals surface area contributed by atoms with Crippen LogP contribution in [0.3, 0.4) is 0 Å². The van der Waals surface area contributed by atoms with Gasteiger partial charge in [-0.25, -0.2) is 4.99 Å². The van der Waals surface area contributed by atoms with Crippen LogP contribution in [-0.4, -0.2) is 59.4 Å². The molecule has 2 heterocycles. The Morgan fingerprint density at radius 3 is 2.68 bits per heavy atom. The standard InChI is InChI=1S/C24H30BrN3O3/c1-5-6-7-21-17(2)31-15-18-14-19(25)8-9-20(18)22(26-21)28-12-10-27(11-13-28)16-24(3,4)23(29)30/h5-9,14H,1,10-13,15-16H2,2-4H3,(H,29,30)/b7-6-,21-17-,26-22?. The molecule has 6 nitrogen and oxygen atoms in total. The molecule has 2 aliphatic rings. The van der Waals surface area contributed by atoms with Gasteiger partial charge in [0.15, 0.2) is 0 Å². The van der Waals surface area contributed by atoms with E-state index in [4.69, 9.17) is 9.73 Å². The maximum Gasteiger partial charge on any atom is 0.310 e. The number of hydrogen-bond acceptors (Lipinski definition) is 5. The molecule has 7 heteroatoms. The van der Waals surface area contributed by atoms with Crippen LogP contribution in [-0.2, 0) is 16.1 Å². The Morgan fingerprint density at radius 2 is 2.03 bits per heavy atom. The Bertz CT molecular complexity index is 941. The maximum atomic E-state index is 11.5. The van der Waals surface area contributed by atoms with Gasteiger partial charge in [-0.15, -0.1) is 0 Å². The fourth-order valence-corrected chi connectivity index (χ4v) is 4.12. The molecule has 0 atom stereocenters. The summed E-state index contributed by atoms with van der Waals surface area (Å²) in [6.07, 6.45) is 5.50. The number of aliphatic imine (C=N–C) groups is 1. The number of carboxylic acids is 1. The van der Waals surface area contributed by atoms with Crippen LogP contribution in [0.4, 0.5) is 0 Å². The second-order valence-electron chi connectivity index (χ2n) is 8.51. The van der Waals surface area contributed by atoms with E-state index in [2.05, 4.69) is 44.4 Å². The molecule has 0 bridgehead atoms. The van der Waals surface area contributed by atoms with Crippen molar-refractivity contribution in [2.45, 2.75) is 27.4 Å². The number of amidine groups is 1. The van der Waals surface area contributed by atoms with Crippen molar-refractivity contribution in [3.8, 4) is 0 Å². The van der Waals surface area contributed by atoms with E-state index in [1.165, 1.54) is 0 Å². The highest BCUT2D eigenvalue weighted by molar-refractivity contribution is 9.10. The lowest BCUT2D eigenvalue weighted by atomic mass is 9.93. The fraction of sp³-hybridized carbons (Fsp3) is 0.417. The van der Waals surface area contributed by atoms with Gasteiger partial charge in [-0.05, 0) is 45.0 Å². The predicted octanol–water partition coefficient (Wildman–Crippen LogP) is 4.43. The van der Waals surface area contributed by atoms with Crippen molar-refractivity contribution < 1.29 is 14.6 Å². The van der Waals surface area contributed by atoms with Crippen LogP contribution in [0.5, 0.6) is 0 Å². The molecule has 0 saturated carbocycles. The van der Waals surface area contributed by atoms with Crippen LogP contribution in [0.15, 0.2) is 63.9 Å². The first-order valence-electron chi connectivity index (χ1n) is 10.4. The van der Waals surface area contributed by atoms with Gasteiger partial charge in [-0.3, -0.25) is 9.69 Å². The molecule has 2 aliphatic heterocycles. The number of hydrogen-bond donors (Lipinski definition) is 1. The lowest BCUT2D eigenvalue weighted by Gasteiger charge is -2.39. The van der Waals surface area contributed by atoms with Crippen molar-refractivity contribution in [2.75, 3.05) is 32.7 Å². The number of allylic oxidation sites excluding steroid dienone is 4. The Labute approximate surface area is 192 Å². The van der Waals surface area contributed by atoms with Crippen molar-refractivity contribution in [2.24, 2.45) is 10.4 Å². The number of halogens is 1.